The number of aromatic nitrogens is 2. The van der Waals surface area contributed by atoms with Crippen molar-refractivity contribution in [2.75, 3.05) is 18.5 Å². The second-order valence-electron chi connectivity index (χ2n) is 4.98. The summed E-state index contributed by atoms with van der Waals surface area (Å²) in [6.45, 7) is 4.79. The highest BCUT2D eigenvalue weighted by Gasteiger charge is 2.19. The van der Waals surface area contributed by atoms with Crippen molar-refractivity contribution in [3.8, 4) is 0 Å². The van der Waals surface area contributed by atoms with Gasteiger partial charge < -0.3 is 9.47 Å². The molecule has 1 aliphatic heterocycles. The van der Waals surface area contributed by atoms with Crippen LogP contribution in [0.4, 0.5) is 5.95 Å². The van der Waals surface area contributed by atoms with Crippen LogP contribution in [0.3, 0.4) is 0 Å². The van der Waals surface area contributed by atoms with Crippen LogP contribution in [-0.2, 0) is 14.3 Å². The number of amides is 1. The largest absolute Gasteiger partial charge is 0.376 e. The second-order valence-corrected chi connectivity index (χ2v) is 4.98. The van der Waals surface area contributed by atoms with Crippen LogP contribution in [0.5, 0.6) is 0 Å². The molecule has 0 spiro atoms. The summed E-state index contributed by atoms with van der Waals surface area (Å²) >= 11 is 0. The van der Waals surface area contributed by atoms with Gasteiger partial charge >= 0.3 is 0 Å². The van der Waals surface area contributed by atoms with Crippen molar-refractivity contribution in [3.63, 3.8) is 0 Å². The molecule has 1 amide bonds. The van der Waals surface area contributed by atoms with Crippen molar-refractivity contribution in [1.29, 1.82) is 0 Å². The van der Waals surface area contributed by atoms with E-state index in [1.165, 1.54) is 0 Å². The van der Waals surface area contributed by atoms with Crippen LogP contribution in [-0.4, -0.2) is 41.3 Å². The lowest BCUT2D eigenvalue weighted by molar-refractivity contribution is -0.130. The molecule has 1 aliphatic rings. The zero-order chi connectivity index (χ0) is 14.4. The highest BCUT2D eigenvalue weighted by Crippen LogP contribution is 2.13. The van der Waals surface area contributed by atoms with E-state index in [0.717, 1.165) is 31.6 Å². The Balaban J connectivity index is 1.76. The molecule has 2 atom stereocenters. The van der Waals surface area contributed by atoms with Crippen LogP contribution >= 0.6 is 0 Å². The maximum Gasteiger partial charge on any atom is 0.255 e. The molecule has 0 saturated carbocycles. The van der Waals surface area contributed by atoms with Gasteiger partial charge in [0.2, 0.25) is 5.95 Å². The van der Waals surface area contributed by atoms with Gasteiger partial charge in [0, 0.05) is 18.5 Å². The zero-order valence-corrected chi connectivity index (χ0v) is 12.0. The Morgan fingerprint density at radius 3 is 3.15 bits per heavy atom. The minimum absolute atomic E-state index is 0.106. The fraction of sp³-hybridized carbons (Fsp3) is 0.643. The van der Waals surface area contributed by atoms with E-state index in [-0.39, 0.29) is 12.0 Å². The minimum atomic E-state index is -0.551. The topological polar surface area (TPSA) is 73.3 Å². The molecule has 6 heteroatoms. The molecule has 1 aromatic rings. The van der Waals surface area contributed by atoms with E-state index in [9.17, 15) is 4.79 Å². The Morgan fingerprint density at radius 2 is 2.45 bits per heavy atom. The summed E-state index contributed by atoms with van der Waals surface area (Å²) in [6.07, 6.45) is 4.43. The molecule has 1 saturated heterocycles. The lowest BCUT2D eigenvalue weighted by Gasteiger charge is -2.23. The number of hydrogen-bond acceptors (Lipinski definition) is 5. The van der Waals surface area contributed by atoms with Gasteiger partial charge in [0.15, 0.2) is 0 Å². The molecule has 0 unspecified atom stereocenters. The van der Waals surface area contributed by atoms with Gasteiger partial charge in [-0.15, -0.1) is 0 Å². The fourth-order valence-corrected chi connectivity index (χ4v) is 1.99. The number of nitrogens with zero attached hydrogens (tertiary/aromatic N) is 2. The van der Waals surface area contributed by atoms with Crippen molar-refractivity contribution in [2.45, 2.75) is 45.3 Å². The maximum absolute atomic E-state index is 11.9. The minimum Gasteiger partial charge on any atom is -0.376 e. The molecule has 0 aromatic carbocycles. The van der Waals surface area contributed by atoms with E-state index in [1.54, 1.807) is 19.2 Å². The van der Waals surface area contributed by atoms with E-state index in [0.29, 0.717) is 12.6 Å². The molecule has 20 heavy (non-hydrogen) atoms. The predicted octanol–water partition coefficient (Wildman–Crippen LogP) is 1.70. The first-order valence-electron chi connectivity index (χ1n) is 6.99. The lowest BCUT2D eigenvalue weighted by Crippen LogP contribution is -2.33. The van der Waals surface area contributed by atoms with Gasteiger partial charge in [-0.05, 0) is 39.2 Å². The van der Waals surface area contributed by atoms with Gasteiger partial charge in [0.1, 0.15) is 6.10 Å². The number of hydrogen-bond donors (Lipinski definition) is 1. The van der Waals surface area contributed by atoms with Gasteiger partial charge in [-0.3, -0.25) is 10.1 Å². The summed E-state index contributed by atoms with van der Waals surface area (Å²) in [5.41, 5.74) is 0.805. The van der Waals surface area contributed by atoms with Gasteiger partial charge in [-0.2, -0.15) is 0 Å². The first-order valence-corrected chi connectivity index (χ1v) is 6.99. The van der Waals surface area contributed by atoms with Crippen molar-refractivity contribution < 1.29 is 14.3 Å². The number of anilines is 1. The number of rotatable bonds is 5. The molecule has 0 bridgehead atoms. The average Bonchev–Trinajstić information content (AvgIpc) is 2.46. The number of carbonyl (C=O) groups is 1. The van der Waals surface area contributed by atoms with Gasteiger partial charge in [0.05, 0.1) is 12.7 Å². The zero-order valence-electron chi connectivity index (χ0n) is 12.0. The summed E-state index contributed by atoms with van der Waals surface area (Å²) in [7, 11) is 0. The quantitative estimate of drug-likeness (QED) is 0.888. The summed E-state index contributed by atoms with van der Waals surface area (Å²) in [5, 5.41) is 2.64. The molecule has 1 N–H and O–H groups in total. The van der Waals surface area contributed by atoms with Gasteiger partial charge in [-0.1, -0.05) is 0 Å². The van der Waals surface area contributed by atoms with Crippen molar-refractivity contribution in [3.05, 3.63) is 18.0 Å². The first-order chi connectivity index (χ1) is 9.65. The summed E-state index contributed by atoms with van der Waals surface area (Å²) in [5.74, 6) is 0.0609. The highest BCUT2D eigenvalue weighted by atomic mass is 16.5. The molecular formula is C14H21N3O3. The fourth-order valence-electron chi connectivity index (χ4n) is 1.99. The third-order valence-electron chi connectivity index (χ3n) is 3.21. The SMILES string of the molecule is Cc1ccnc(NC(=O)[C@@H](C)OC[C@@H]2CCCCO2)n1. The number of ether oxygens (including phenoxy) is 2. The molecule has 1 fully saturated rings. The monoisotopic (exact) mass is 279 g/mol. The van der Waals surface area contributed by atoms with Crippen molar-refractivity contribution in [1.82, 2.24) is 9.97 Å². The van der Waals surface area contributed by atoms with E-state index >= 15 is 0 Å². The Kier molecular flexibility index (Phi) is 5.43. The smallest absolute Gasteiger partial charge is 0.255 e. The Bertz CT molecular complexity index is 447. The van der Waals surface area contributed by atoms with E-state index in [4.69, 9.17) is 9.47 Å². The van der Waals surface area contributed by atoms with E-state index in [2.05, 4.69) is 15.3 Å². The van der Waals surface area contributed by atoms with Crippen molar-refractivity contribution in [2.24, 2.45) is 0 Å². The third-order valence-corrected chi connectivity index (χ3v) is 3.21. The molecule has 1 aromatic heterocycles. The molecule has 6 nitrogen and oxygen atoms in total. The average molecular weight is 279 g/mol. The molecule has 0 aliphatic carbocycles. The maximum atomic E-state index is 11.9. The van der Waals surface area contributed by atoms with Crippen LogP contribution in [0.25, 0.3) is 0 Å². The standard InChI is InChI=1S/C14H21N3O3/c1-10-6-7-15-14(16-10)17-13(18)11(2)20-9-12-5-3-4-8-19-12/h6-7,11-12H,3-5,8-9H2,1-2H3,(H,15,16,17,18)/t11-,12+/m1/s1. The Hall–Kier alpha value is -1.53. The van der Waals surface area contributed by atoms with Crippen LogP contribution in [0, 0.1) is 6.92 Å². The second kappa shape index (κ2) is 7.31. The molecular weight excluding hydrogens is 258 g/mol. The summed E-state index contributed by atoms with van der Waals surface area (Å²) in [6, 6.07) is 1.77. The molecule has 2 rings (SSSR count). The van der Waals surface area contributed by atoms with Crippen LogP contribution in [0.15, 0.2) is 12.3 Å². The molecule has 0 radical (unpaired) electrons. The van der Waals surface area contributed by atoms with Crippen LogP contribution in [0.1, 0.15) is 31.9 Å². The third kappa shape index (κ3) is 4.54. The predicted molar refractivity (Wildman–Crippen MR) is 74.4 cm³/mol. The van der Waals surface area contributed by atoms with Crippen molar-refractivity contribution >= 4 is 11.9 Å². The highest BCUT2D eigenvalue weighted by molar-refractivity contribution is 5.92. The van der Waals surface area contributed by atoms with Crippen LogP contribution in [0.2, 0.25) is 0 Å². The Morgan fingerprint density at radius 1 is 1.60 bits per heavy atom. The summed E-state index contributed by atoms with van der Waals surface area (Å²) in [4.78, 5) is 20.1. The van der Waals surface area contributed by atoms with Gasteiger partial charge in [0.25, 0.3) is 5.91 Å². The normalized spacial score (nSPS) is 20.4. The van der Waals surface area contributed by atoms with Crippen LogP contribution < -0.4 is 5.32 Å². The Labute approximate surface area is 118 Å². The molecule has 2 heterocycles. The first kappa shape index (κ1) is 14.9. The summed E-state index contributed by atoms with van der Waals surface area (Å²) < 4.78 is 11.1. The van der Waals surface area contributed by atoms with Gasteiger partial charge in [-0.25, -0.2) is 9.97 Å². The number of carbonyl (C=O) groups excluding carboxylic acids is 1. The van der Waals surface area contributed by atoms with E-state index < -0.39 is 6.10 Å². The van der Waals surface area contributed by atoms with E-state index in [1.807, 2.05) is 6.92 Å². The number of aryl methyl sites for hydroxylation is 1. The molecule has 110 valence electrons. The number of nitrogens with one attached hydrogen (secondary N) is 1. The lowest BCUT2D eigenvalue weighted by atomic mass is 10.1.